The molecule has 0 atom stereocenters. The number of nitrogens with one attached hydrogen (secondary N) is 1. The molecule has 0 saturated carbocycles. The molecule has 134 valence electrons. The molecule has 1 N–H and O–H groups in total. The van der Waals surface area contributed by atoms with Crippen LogP contribution in [0, 0.1) is 0 Å². The summed E-state index contributed by atoms with van der Waals surface area (Å²) in [4.78, 5) is 29.7. The van der Waals surface area contributed by atoms with Crippen molar-refractivity contribution in [2.24, 2.45) is 0 Å². The summed E-state index contributed by atoms with van der Waals surface area (Å²) in [5.41, 5.74) is 1.45. The maximum absolute atomic E-state index is 12.7. The number of rotatable bonds is 4. The van der Waals surface area contributed by atoms with E-state index in [1.54, 1.807) is 24.4 Å². The smallest absolute Gasteiger partial charge is 0.263 e. The van der Waals surface area contributed by atoms with Crippen LogP contribution in [0.3, 0.4) is 0 Å². The molecule has 0 radical (unpaired) electrons. The molecule has 4 aromatic rings. The second kappa shape index (κ2) is 7.34. The van der Waals surface area contributed by atoms with Crippen LogP contribution in [0.2, 0.25) is 5.02 Å². The molecule has 2 aromatic carbocycles. The van der Waals surface area contributed by atoms with Gasteiger partial charge in [0.2, 0.25) is 0 Å². The number of carbonyl (C=O) groups excluding carboxylic acids is 1. The van der Waals surface area contributed by atoms with Crippen molar-refractivity contribution in [2.45, 2.75) is 6.54 Å². The van der Waals surface area contributed by atoms with Crippen LogP contribution in [-0.2, 0) is 6.54 Å². The number of hydrogen-bond acceptors (Lipinski definition) is 4. The van der Waals surface area contributed by atoms with Crippen molar-refractivity contribution in [3.05, 3.63) is 93.4 Å². The average Bonchev–Trinajstić information content (AvgIpc) is 3.07. The minimum Gasteiger partial charge on any atom is -0.310 e. The standard InChI is InChI=1S/C20H14ClN3O2S/c21-14-9-7-13(8-10-14)12-24-11-3-4-15(19(24)26)18(25)23-20-22-16-5-1-2-6-17(16)27-20/h1-11H,12H2,(H,22,23,25). The third kappa shape index (κ3) is 3.77. The lowest BCUT2D eigenvalue weighted by Crippen LogP contribution is -2.28. The lowest BCUT2D eigenvalue weighted by Gasteiger charge is -2.08. The van der Waals surface area contributed by atoms with E-state index in [2.05, 4.69) is 10.3 Å². The van der Waals surface area contributed by atoms with Gasteiger partial charge in [-0.25, -0.2) is 4.98 Å². The highest BCUT2D eigenvalue weighted by molar-refractivity contribution is 7.22. The predicted molar refractivity (Wildman–Crippen MR) is 109 cm³/mol. The summed E-state index contributed by atoms with van der Waals surface area (Å²) in [6.07, 6.45) is 1.66. The number of benzene rings is 2. The van der Waals surface area contributed by atoms with Crippen LogP contribution in [-0.4, -0.2) is 15.5 Å². The number of carbonyl (C=O) groups is 1. The Morgan fingerprint density at radius 1 is 1.07 bits per heavy atom. The zero-order valence-electron chi connectivity index (χ0n) is 14.1. The molecule has 4 rings (SSSR count). The molecule has 27 heavy (non-hydrogen) atoms. The van der Waals surface area contributed by atoms with Crippen molar-refractivity contribution in [2.75, 3.05) is 5.32 Å². The van der Waals surface area contributed by atoms with Crippen LogP contribution in [0.5, 0.6) is 0 Å². The molecule has 5 nitrogen and oxygen atoms in total. The first kappa shape index (κ1) is 17.5. The summed E-state index contributed by atoms with van der Waals surface area (Å²) in [6, 6.07) is 18.1. The zero-order valence-corrected chi connectivity index (χ0v) is 15.6. The third-order valence-electron chi connectivity index (χ3n) is 4.05. The Bertz CT molecular complexity index is 1150. The molecule has 1 amide bonds. The molecule has 2 heterocycles. The summed E-state index contributed by atoms with van der Waals surface area (Å²) in [6.45, 7) is 0.359. The lowest BCUT2D eigenvalue weighted by molar-refractivity contribution is 0.102. The van der Waals surface area contributed by atoms with Gasteiger partial charge >= 0.3 is 0 Å². The van der Waals surface area contributed by atoms with Crippen LogP contribution in [0.1, 0.15) is 15.9 Å². The second-order valence-electron chi connectivity index (χ2n) is 5.92. The van der Waals surface area contributed by atoms with Crippen LogP contribution < -0.4 is 10.9 Å². The zero-order chi connectivity index (χ0) is 18.8. The number of pyridine rings is 1. The van der Waals surface area contributed by atoms with Gasteiger partial charge in [0.05, 0.1) is 16.8 Å². The average molecular weight is 396 g/mol. The fourth-order valence-electron chi connectivity index (χ4n) is 2.71. The highest BCUT2D eigenvalue weighted by Crippen LogP contribution is 2.25. The first-order valence-corrected chi connectivity index (χ1v) is 9.40. The van der Waals surface area contributed by atoms with E-state index in [1.807, 2.05) is 36.4 Å². The highest BCUT2D eigenvalue weighted by Gasteiger charge is 2.14. The van der Waals surface area contributed by atoms with Gasteiger partial charge in [-0.3, -0.25) is 14.9 Å². The van der Waals surface area contributed by atoms with E-state index in [0.717, 1.165) is 15.8 Å². The Morgan fingerprint density at radius 3 is 2.63 bits per heavy atom. The molecule has 0 aliphatic carbocycles. The van der Waals surface area contributed by atoms with Crippen molar-refractivity contribution in [1.29, 1.82) is 0 Å². The fourth-order valence-corrected chi connectivity index (χ4v) is 3.70. The van der Waals surface area contributed by atoms with E-state index in [4.69, 9.17) is 11.6 Å². The van der Waals surface area contributed by atoms with Gasteiger partial charge < -0.3 is 4.57 Å². The summed E-state index contributed by atoms with van der Waals surface area (Å²) >= 11 is 7.26. The molecular weight excluding hydrogens is 382 g/mol. The van der Waals surface area contributed by atoms with Gasteiger partial charge in [0, 0.05) is 11.2 Å². The van der Waals surface area contributed by atoms with Crippen molar-refractivity contribution < 1.29 is 4.79 Å². The van der Waals surface area contributed by atoms with Gasteiger partial charge in [0.25, 0.3) is 11.5 Å². The minimum atomic E-state index is -0.468. The largest absolute Gasteiger partial charge is 0.310 e. The van der Waals surface area contributed by atoms with Crippen molar-refractivity contribution >= 4 is 44.2 Å². The molecule has 0 unspecified atom stereocenters. The van der Waals surface area contributed by atoms with E-state index < -0.39 is 5.91 Å². The first-order valence-electron chi connectivity index (χ1n) is 8.21. The SMILES string of the molecule is O=C(Nc1nc2ccccc2s1)c1cccn(Cc2ccc(Cl)cc2)c1=O. The number of para-hydroxylation sites is 1. The number of anilines is 1. The van der Waals surface area contributed by atoms with E-state index in [9.17, 15) is 9.59 Å². The van der Waals surface area contributed by atoms with Gasteiger partial charge in [-0.15, -0.1) is 0 Å². The molecule has 0 spiro atoms. The topological polar surface area (TPSA) is 64.0 Å². The van der Waals surface area contributed by atoms with Gasteiger partial charge in [-0.05, 0) is 42.0 Å². The summed E-state index contributed by atoms with van der Waals surface area (Å²) < 4.78 is 2.47. The van der Waals surface area contributed by atoms with Gasteiger partial charge in [0.1, 0.15) is 5.56 Å². The second-order valence-corrected chi connectivity index (χ2v) is 7.39. The molecule has 0 aliphatic heterocycles. The predicted octanol–water partition coefficient (Wildman–Crippen LogP) is 4.41. The highest BCUT2D eigenvalue weighted by atomic mass is 35.5. The first-order chi connectivity index (χ1) is 13.1. The van der Waals surface area contributed by atoms with E-state index in [0.29, 0.717) is 16.7 Å². The monoisotopic (exact) mass is 395 g/mol. The van der Waals surface area contributed by atoms with E-state index in [-0.39, 0.29) is 11.1 Å². The Morgan fingerprint density at radius 2 is 1.85 bits per heavy atom. The molecule has 0 fully saturated rings. The number of hydrogen-bond donors (Lipinski definition) is 1. The Balaban J connectivity index is 1.58. The summed E-state index contributed by atoms with van der Waals surface area (Å²) in [7, 11) is 0. The third-order valence-corrected chi connectivity index (χ3v) is 5.25. The minimum absolute atomic E-state index is 0.0747. The van der Waals surface area contributed by atoms with Gasteiger partial charge in [0.15, 0.2) is 5.13 Å². The van der Waals surface area contributed by atoms with Gasteiger partial charge in [-0.2, -0.15) is 0 Å². The maximum Gasteiger partial charge on any atom is 0.263 e. The molecule has 0 bridgehead atoms. The Labute approximate surface area is 163 Å². The van der Waals surface area contributed by atoms with Crippen molar-refractivity contribution in [3.63, 3.8) is 0 Å². The molecule has 7 heteroatoms. The number of thiazole rings is 1. The van der Waals surface area contributed by atoms with E-state index in [1.165, 1.54) is 22.0 Å². The number of aromatic nitrogens is 2. The Hall–Kier alpha value is -2.96. The molecule has 0 saturated heterocycles. The van der Waals surface area contributed by atoms with Crippen LogP contribution in [0.4, 0.5) is 5.13 Å². The van der Waals surface area contributed by atoms with Crippen molar-refractivity contribution in [1.82, 2.24) is 9.55 Å². The quantitative estimate of drug-likeness (QED) is 0.556. The molecular formula is C20H14ClN3O2S. The molecule has 0 aliphatic rings. The number of amides is 1. The normalized spacial score (nSPS) is 10.9. The van der Waals surface area contributed by atoms with Crippen molar-refractivity contribution in [3.8, 4) is 0 Å². The fraction of sp³-hybridized carbons (Fsp3) is 0.0500. The van der Waals surface area contributed by atoms with Gasteiger partial charge in [-0.1, -0.05) is 47.2 Å². The lowest BCUT2D eigenvalue weighted by atomic mass is 10.2. The maximum atomic E-state index is 12.7. The Kier molecular flexibility index (Phi) is 4.75. The molecule has 2 aromatic heterocycles. The number of fused-ring (bicyclic) bond motifs is 1. The number of nitrogens with zero attached hydrogens (tertiary/aromatic N) is 2. The number of halogens is 1. The summed E-state index contributed by atoms with van der Waals surface area (Å²) in [5, 5.41) is 3.83. The van der Waals surface area contributed by atoms with Crippen LogP contribution in [0.25, 0.3) is 10.2 Å². The summed E-state index contributed by atoms with van der Waals surface area (Å²) in [5.74, 6) is -0.468. The van der Waals surface area contributed by atoms with Crippen LogP contribution >= 0.6 is 22.9 Å². The van der Waals surface area contributed by atoms with Crippen LogP contribution in [0.15, 0.2) is 71.7 Å². The van der Waals surface area contributed by atoms with E-state index >= 15 is 0 Å².